The maximum Gasteiger partial charge on any atom is 0.213 e. The zero-order valence-electron chi connectivity index (χ0n) is 24.5. The first kappa shape index (κ1) is 32.2. The van der Waals surface area contributed by atoms with Crippen LogP contribution in [0.4, 0.5) is 0 Å². The van der Waals surface area contributed by atoms with Crippen LogP contribution in [0, 0.1) is 5.92 Å². The average Bonchev–Trinajstić information content (AvgIpc) is 2.91. The van der Waals surface area contributed by atoms with Crippen molar-refractivity contribution < 1.29 is 23.8 Å². The lowest BCUT2D eigenvalue weighted by molar-refractivity contribution is -0.123. The molecule has 2 aromatic rings. The molecule has 0 amide bonds. The highest BCUT2D eigenvalue weighted by atomic mass is 16.5. The third-order valence-electron chi connectivity index (χ3n) is 6.17. The van der Waals surface area contributed by atoms with E-state index in [9.17, 15) is 9.59 Å². The maximum atomic E-state index is 12.6. The number of Topliss-reactive ketones (excluding diaryl/α,β-unsaturated/α-hetero) is 2. The zero-order valence-corrected chi connectivity index (χ0v) is 24.5. The number of pyridine rings is 1. The van der Waals surface area contributed by atoms with E-state index >= 15 is 0 Å². The molecule has 2 rings (SSSR count). The van der Waals surface area contributed by atoms with Gasteiger partial charge in [-0.15, -0.1) is 0 Å². The minimum absolute atomic E-state index is 0.0433. The summed E-state index contributed by atoms with van der Waals surface area (Å²) in [6.45, 7) is 14.3. The number of carbonyl (C=O) groups is 2. The van der Waals surface area contributed by atoms with Crippen LogP contribution in [-0.2, 0) is 4.79 Å². The molecule has 1 heterocycles. The highest BCUT2D eigenvalue weighted by Crippen LogP contribution is 2.17. The molecule has 8 nitrogen and oxygen atoms in total. The van der Waals surface area contributed by atoms with Crippen molar-refractivity contribution in [2.75, 3.05) is 26.3 Å². The fourth-order valence-electron chi connectivity index (χ4n) is 3.66. The van der Waals surface area contributed by atoms with Crippen molar-refractivity contribution in [1.29, 1.82) is 0 Å². The minimum atomic E-state index is -0.0805. The first-order chi connectivity index (χ1) is 18.6. The van der Waals surface area contributed by atoms with E-state index in [2.05, 4.69) is 36.4 Å². The second kappa shape index (κ2) is 17.6. The van der Waals surface area contributed by atoms with Crippen LogP contribution in [0.5, 0.6) is 17.4 Å². The fourth-order valence-corrected chi connectivity index (χ4v) is 3.66. The molecule has 1 aromatic carbocycles. The summed E-state index contributed by atoms with van der Waals surface area (Å²) >= 11 is 0. The molecule has 0 aliphatic heterocycles. The number of hydrogen-bond acceptors (Lipinski definition) is 8. The molecule has 8 heteroatoms. The third kappa shape index (κ3) is 13.6. The van der Waals surface area contributed by atoms with Gasteiger partial charge in [0.2, 0.25) is 5.88 Å². The van der Waals surface area contributed by atoms with Crippen LogP contribution >= 0.6 is 0 Å². The molecular weight excluding hydrogens is 494 g/mol. The predicted molar refractivity (Wildman–Crippen MR) is 155 cm³/mol. The Morgan fingerprint density at radius 1 is 0.872 bits per heavy atom. The molecule has 1 aromatic heterocycles. The highest BCUT2D eigenvalue weighted by molar-refractivity contribution is 5.96. The van der Waals surface area contributed by atoms with Crippen LogP contribution in [-0.4, -0.2) is 61.0 Å². The Labute approximate surface area is 234 Å². The second-order valence-corrected chi connectivity index (χ2v) is 10.6. The molecule has 0 saturated carbocycles. The number of aromatic nitrogens is 1. The van der Waals surface area contributed by atoms with Gasteiger partial charge in [0, 0.05) is 42.6 Å². The van der Waals surface area contributed by atoms with Gasteiger partial charge in [0.25, 0.3) is 0 Å². The molecule has 0 spiro atoms. The number of ether oxygens (including phenoxy) is 3. The van der Waals surface area contributed by atoms with Gasteiger partial charge >= 0.3 is 0 Å². The van der Waals surface area contributed by atoms with Crippen LogP contribution < -0.4 is 24.8 Å². The largest absolute Gasteiger partial charge is 0.494 e. The van der Waals surface area contributed by atoms with Crippen molar-refractivity contribution in [2.45, 2.75) is 85.4 Å². The summed E-state index contributed by atoms with van der Waals surface area (Å²) in [5, 5.41) is 6.83. The van der Waals surface area contributed by atoms with Crippen molar-refractivity contribution in [3.63, 3.8) is 0 Å². The van der Waals surface area contributed by atoms with Crippen molar-refractivity contribution in [3.8, 4) is 17.4 Å². The van der Waals surface area contributed by atoms with Crippen LogP contribution in [0.2, 0.25) is 0 Å². The SMILES string of the molecule is CC(C)NCCCOc1ccc(C(=O)CCCC(C)NC[C@@H](C)Oc2ccc(OCC(=O)C(C)C)cn2)cc1. The van der Waals surface area contributed by atoms with Crippen LogP contribution in [0.1, 0.15) is 77.6 Å². The van der Waals surface area contributed by atoms with E-state index in [4.69, 9.17) is 14.2 Å². The summed E-state index contributed by atoms with van der Waals surface area (Å²) in [5.74, 6) is 1.99. The van der Waals surface area contributed by atoms with E-state index in [0.717, 1.165) is 37.1 Å². The van der Waals surface area contributed by atoms with Crippen LogP contribution in [0.15, 0.2) is 42.6 Å². The number of nitrogens with one attached hydrogen (secondary N) is 2. The summed E-state index contributed by atoms with van der Waals surface area (Å²) in [4.78, 5) is 28.5. The third-order valence-corrected chi connectivity index (χ3v) is 6.17. The summed E-state index contributed by atoms with van der Waals surface area (Å²) in [6, 6.07) is 11.7. The smallest absolute Gasteiger partial charge is 0.213 e. The molecular formula is C31H47N3O5. The lowest BCUT2D eigenvalue weighted by Gasteiger charge is -2.19. The van der Waals surface area contributed by atoms with Gasteiger partial charge in [0.15, 0.2) is 11.6 Å². The number of hydrogen-bond donors (Lipinski definition) is 2. The Kier molecular flexibility index (Phi) is 14.5. The summed E-state index contributed by atoms with van der Waals surface area (Å²) in [7, 11) is 0. The number of nitrogens with zero attached hydrogens (tertiary/aromatic N) is 1. The lowest BCUT2D eigenvalue weighted by atomic mass is 10.0. The molecule has 0 saturated heterocycles. The van der Waals surface area contributed by atoms with Crippen LogP contribution in [0.25, 0.3) is 0 Å². The van der Waals surface area contributed by atoms with E-state index in [-0.39, 0.29) is 36.2 Å². The predicted octanol–water partition coefficient (Wildman–Crippen LogP) is 5.25. The number of ketones is 2. The van der Waals surface area contributed by atoms with Gasteiger partial charge < -0.3 is 24.8 Å². The van der Waals surface area contributed by atoms with Gasteiger partial charge in [0.1, 0.15) is 24.2 Å². The Balaban J connectivity index is 1.60. The molecule has 0 aliphatic rings. The molecule has 2 atom stereocenters. The maximum absolute atomic E-state index is 12.6. The molecule has 1 unspecified atom stereocenters. The molecule has 0 radical (unpaired) electrons. The minimum Gasteiger partial charge on any atom is -0.494 e. The molecule has 0 fully saturated rings. The number of benzene rings is 1. The second-order valence-electron chi connectivity index (χ2n) is 10.6. The molecule has 2 N–H and O–H groups in total. The van der Waals surface area contributed by atoms with E-state index in [1.807, 2.05) is 45.0 Å². The normalized spacial score (nSPS) is 12.8. The Bertz CT molecular complexity index is 977. The Hall–Kier alpha value is -2.97. The first-order valence-electron chi connectivity index (χ1n) is 14.1. The van der Waals surface area contributed by atoms with Crippen LogP contribution in [0.3, 0.4) is 0 Å². The van der Waals surface area contributed by atoms with Gasteiger partial charge in [-0.25, -0.2) is 4.98 Å². The monoisotopic (exact) mass is 541 g/mol. The zero-order chi connectivity index (χ0) is 28.6. The van der Waals surface area contributed by atoms with E-state index in [1.54, 1.807) is 18.3 Å². The van der Waals surface area contributed by atoms with E-state index in [1.165, 1.54) is 0 Å². The summed E-state index contributed by atoms with van der Waals surface area (Å²) < 4.78 is 17.1. The van der Waals surface area contributed by atoms with Crippen molar-refractivity contribution in [3.05, 3.63) is 48.2 Å². The van der Waals surface area contributed by atoms with E-state index in [0.29, 0.717) is 37.2 Å². The Morgan fingerprint density at radius 3 is 2.23 bits per heavy atom. The van der Waals surface area contributed by atoms with Gasteiger partial charge in [-0.05, 0) is 70.0 Å². The lowest BCUT2D eigenvalue weighted by Crippen LogP contribution is -2.35. The number of carbonyl (C=O) groups excluding carboxylic acids is 2. The summed E-state index contributed by atoms with van der Waals surface area (Å²) in [5.41, 5.74) is 0.724. The molecule has 39 heavy (non-hydrogen) atoms. The number of rotatable bonds is 20. The summed E-state index contributed by atoms with van der Waals surface area (Å²) in [6.07, 6.45) is 4.65. The fraction of sp³-hybridized carbons (Fsp3) is 0.581. The average molecular weight is 542 g/mol. The molecule has 0 bridgehead atoms. The molecule has 216 valence electrons. The van der Waals surface area contributed by atoms with E-state index < -0.39 is 0 Å². The van der Waals surface area contributed by atoms with Crippen molar-refractivity contribution in [2.24, 2.45) is 5.92 Å². The quantitative estimate of drug-likeness (QED) is 0.173. The van der Waals surface area contributed by atoms with Crippen molar-refractivity contribution in [1.82, 2.24) is 15.6 Å². The van der Waals surface area contributed by atoms with Crippen molar-refractivity contribution >= 4 is 11.6 Å². The topological polar surface area (TPSA) is 98.8 Å². The highest BCUT2D eigenvalue weighted by Gasteiger charge is 2.12. The van der Waals surface area contributed by atoms with Gasteiger partial charge in [-0.2, -0.15) is 0 Å². The standard InChI is InChI=1S/C31H47N3O5/c1-22(2)30(36)21-38-28-15-16-31(34-20-28)39-25(6)19-33-24(5)9-7-10-29(35)26-11-13-27(14-12-26)37-18-8-17-32-23(3)4/h11-16,20,22-25,32-33H,7-10,17-19,21H2,1-6H3/t24?,25-/m1/s1. The van der Waals surface area contributed by atoms with Gasteiger partial charge in [-0.1, -0.05) is 27.7 Å². The molecule has 0 aliphatic carbocycles. The van der Waals surface area contributed by atoms with Gasteiger partial charge in [-0.3, -0.25) is 9.59 Å². The first-order valence-corrected chi connectivity index (χ1v) is 14.1. The van der Waals surface area contributed by atoms with Gasteiger partial charge in [0.05, 0.1) is 12.8 Å². The Morgan fingerprint density at radius 2 is 1.59 bits per heavy atom.